The van der Waals surface area contributed by atoms with E-state index >= 15 is 0 Å². The van der Waals surface area contributed by atoms with Gasteiger partial charge in [0.2, 0.25) is 0 Å². The second-order valence-corrected chi connectivity index (χ2v) is 4.25. The summed E-state index contributed by atoms with van der Waals surface area (Å²) in [6.45, 7) is 7.79. The normalized spacial score (nSPS) is 11.3. The summed E-state index contributed by atoms with van der Waals surface area (Å²) in [4.78, 5) is 2.38. The number of rotatable bonds is 4. The molecule has 1 heteroatoms. The van der Waals surface area contributed by atoms with E-state index in [9.17, 15) is 0 Å². The summed E-state index contributed by atoms with van der Waals surface area (Å²) >= 11 is 0. The largest absolute Gasteiger partial charge is 0.304 e. The lowest BCUT2D eigenvalue weighted by Crippen LogP contribution is -2.28. The average Bonchev–Trinajstić information content (AvgIpc) is 2.16. The summed E-state index contributed by atoms with van der Waals surface area (Å²) in [5, 5.41) is 0. The highest BCUT2D eigenvalue weighted by Gasteiger charge is 2.03. The molecule has 0 saturated heterocycles. The Labute approximate surface area is 87.7 Å². The fourth-order valence-electron chi connectivity index (χ4n) is 1.45. The van der Waals surface area contributed by atoms with Gasteiger partial charge in [0.25, 0.3) is 0 Å². The molecule has 0 heterocycles. The van der Waals surface area contributed by atoms with E-state index in [0.717, 1.165) is 13.0 Å². The molecule has 14 heavy (non-hydrogen) atoms. The minimum Gasteiger partial charge on any atom is -0.304 e. The first-order valence-electron chi connectivity index (χ1n) is 5.36. The Morgan fingerprint density at radius 2 is 1.86 bits per heavy atom. The van der Waals surface area contributed by atoms with Crippen LogP contribution in [0.25, 0.3) is 0 Å². The molecule has 0 amide bonds. The van der Waals surface area contributed by atoms with E-state index in [2.05, 4.69) is 57.0 Å². The highest BCUT2D eigenvalue weighted by atomic mass is 15.1. The monoisotopic (exact) mass is 191 g/mol. The molecule has 0 N–H and O–H groups in total. The summed E-state index contributed by atoms with van der Waals surface area (Å²) in [5.74, 6) is 0. The van der Waals surface area contributed by atoms with E-state index in [1.54, 1.807) is 0 Å². The SMILES string of the molecule is Cc1ccccc1CCN(C)C(C)C. The predicted molar refractivity (Wildman–Crippen MR) is 62.6 cm³/mol. The van der Waals surface area contributed by atoms with E-state index in [-0.39, 0.29) is 0 Å². The molecule has 0 saturated carbocycles. The minimum atomic E-state index is 0.638. The summed E-state index contributed by atoms with van der Waals surface area (Å²) < 4.78 is 0. The van der Waals surface area contributed by atoms with Crippen LogP contribution in [0.1, 0.15) is 25.0 Å². The number of likely N-dealkylation sites (N-methyl/N-ethyl adjacent to an activating group) is 1. The molecule has 1 aromatic carbocycles. The van der Waals surface area contributed by atoms with Gasteiger partial charge in [-0.05, 0) is 45.4 Å². The van der Waals surface area contributed by atoms with E-state index in [1.165, 1.54) is 11.1 Å². The lowest BCUT2D eigenvalue weighted by molar-refractivity contribution is 0.277. The van der Waals surface area contributed by atoms with Gasteiger partial charge in [0, 0.05) is 12.6 Å². The van der Waals surface area contributed by atoms with Gasteiger partial charge < -0.3 is 4.90 Å². The Balaban J connectivity index is 2.50. The van der Waals surface area contributed by atoms with Gasteiger partial charge in [0.05, 0.1) is 0 Å². The van der Waals surface area contributed by atoms with Crippen molar-refractivity contribution in [2.45, 2.75) is 33.2 Å². The summed E-state index contributed by atoms with van der Waals surface area (Å²) in [5.41, 5.74) is 2.88. The van der Waals surface area contributed by atoms with Crippen molar-refractivity contribution in [2.24, 2.45) is 0 Å². The Morgan fingerprint density at radius 3 is 2.43 bits per heavy atom. The van der Waals surface area contributed by atoms with E-state index in [0.29, 0.717) is 6.04 Å². The second kappa shape index (κ2) is 5.16. The second-order valence-electron chi connectivity index (χ2n) is 4.25. The van der Waals surface area contributed by atoms with Gasteiger partial charge in [0.1, 0.15) is 0 Å². The standard InChI is InChI=1S/C13H21N/c1-11(2)14(4)10-9-13-8-6-5-7-12(13)3/h5-8,11H,9-10H2,1-4H3. The number of aryl methyl sites for hydroxylation is 1. The lowest BCUT2D eigenvalue weighted by Gasteiger charge is -2.21. The van der Waals surface area contributed by atoms with Crippen LogP contribution in [0.5, 0.6) is 0 Å². The molecule has 1 nitrogen and oxygen atoms in total. The third kappa shape index (κ3) is 3.15. The molecule has 0 fully saturated rings. The maximum absolute atomic E-state index is 2.38. The summed E-state index contributed by atoms with van der Waals surface area (Å²) in [6.07, 6.45) is 1.15. The molecule has 1 rings (SSSR count). The first-order valence-corrected chi connectivity index (χ1v) is 5.36. The van der Waals surface area contributed by atoms with Crippen LogP contribution in [0.15, 0.2) is 24.3 Å². The van der Waals surface area contributed by atoms with Gasteiger partial charge >= 0.3 is 0 Å². The van der Waals surface area contributed by atoms with Gasteiger partial charge in [0.15, 0.2) is 0 Å². The van der Waals surface area contributed by atoms with Crippen LogP contribution in [0.2, 0.25) is 0 Å². The van der Waals surface area contributed by atoms with Gasteiger partial charge in [-0.1, -0.05) is 24.3 Å². The fraction of sp³-hybridized carbons (Fsp3) is 0.538. The zero-order chi connectivity index (χ0) is 10.6. The zero-order valence-electron chi connectivity index (χ0n) is 9.75. The molecule has 0 radical (unpaired) electrons. The van der Waals surface area contributed by atoms with Crippen molar-refractivity contribution in [3.05, 3.63) is 35.4 Å². The Bertz CT molecular complexity index is 278. The zero-order valence-corrected chi connectivity index (χ0v) is 9.75. The van der Waals surface area contributed by atoms with Crippen LogP contribution < -0.4 is 0 Å². The first-order chi connectivity index (χ1) is 6.61. The van der Waals surface area contributed by atoms with Crippen molar-refractivity contribution in [1.82, 2.24) is 4.90 Å². The molecule has 0 atom stereocenters. The van der Waals surface area contributed by atoms with Crippen LogP contribution in [0.3, 0.4) is 0 Å². The van der Waals surface area contributed by atoms with E-state index in [1.807, 2.05) is 0 Å². The van der Waals surface area contributed by atoms with Crippen molar-refractivity contribution in [1.29, 1.82) is 0 Å². The van der Waals surface area contributed by atoms with Crippen molar-refractivity contribution < 1.29 is 0 Å². The van der Waals surface area contributed by atoms with Gasteiger partial charge in [-0.15, -0.1) is 0 Å². The van der Waals surface area contributed by atoms with Gasteiger partial charge in [-0.3, -0.25) is 0 Å². The highest BCUT2D eigenvalue weighted by molar-refractivity contribution is 5.25. The molecule has 78 valence electrons. The molecule has 0 aliphatic rings. The van der Waals surface area contributed by atoms with Crippen LogP contribution in [0.4, 0.5) is 0 Å². The van der Waals surface area contributed by atoms with Crippen LogP contribution in [0, 0.1) is 6.92 Å². The molecular formula is C13H21N. The predicted octanol–water partition coefficient (Wildman–Crippen LogP) is 2.88. The quantitative estimate of drug-likeness (QED) is 0.707. The Kier molecular flexibility index (Phi) is 4.15. The first kappa shape index (κ1) is 11.3. The number of nitrogens with zero attached hydrogens (tertiary/aromatic N) is 1. The topological polar surface area (TPSA) is 3.24 Å². The maximum atomic E-state index is 2.38. The fourth-order valence-corrected chi connectivity index (χ4v) is 1.45. The van der Waals surface area contributed by atoms with Gasteiger partial charge in [-0.25, -0.2) is 0 Å². The van der Waals surface area contributed by atoms with Crippen molar-refractivity contribution >= 4 is 0 Å². The number of benzene rings is 1. The number of hydrogen-bond acceptors (Lipinski definition) is 1. The Morgan fingerprint density at radius 1 is 1.21 bits per heavy atom. The lowest BCUT2D eigenvalue weighted by atomic mass is 10.1. The molecule has 0 spiro atoms. The van der Waals surface area contributed by atoms with Crippen LogP contribution in [-0.4, -0.2) is 24.5 Å². The van der Waals surface area contributed by atoms with E-state index < -0.39 is 0 Å². The smallest absolute Gasteiger partial charge is 0.00356 e. The third-order valence-electron chi connectivity index (χ3n) is 2.88. The molecular weight excluding hydrogens is 170 g/mol. The van der Waals surface area contributed by atoms with Crippen LogP contribution >= 0.6 is 0 Å². The molecule has 0 aliphatic carbocycles. The minimum absolute atomic E-state index is 0.638. The summed E-state index contributed by atoms with van der Waals surface area (Å²) in [7, 11) is 2.18. The average molecular weight is 191 g/mol. The van der Waals surface area contributed by atoms with Gasteiger partial charge in [-0.2, -0.15) is 0 Å². The molecule has 0 bridgehead atoms. The van der Waals surface area contributed by atoms with E-state index in [4.69, 9.17) is 0 Å². The third-order valence-corrected chi connectivity index (χ3v) is 2.88. The van der Waals surface area contributed by atoms with Crippen molar-refractivity contribution in [3.8, 4) is 0 Å². The molecule has 0 unspecified atom stereocenters. The maximum Gasteiger partial charge on any atom is 0.00356 e. The van der Waals surface area contributed by atoms with Crippen LogP contribution in [-0.2, 0) is 6.42 Å². The Hall–Kier alpha value is -0.820. The summed E-state index contributed by atoms with van der Waals surface area (Å²) in [6, 6.07) is 9.27. The molecule has 1 aromatic rings. The highest BCUT2D eigenvalue weighted by Crippen LogP contribution is 2.08. The number of hydrogen-bond donors (Lipinski definition) is 0. The molecule has 0 aliphatic heterocycles. The van der Waals surface area contributed by atoms with Crippen molar-refractivity contribution in [2.75, 3.05) is 13.6 Å². The van der Waals surface area contributed by atoms with Crippen molar-refractivity contribution in [3.63, 3.8) is 0 Å². The molecule has 0 aromatic heterocycles.